The van der Waals surface area contributed by atoms with E-state index in [4.69, 9.17) is 4.74 Å². The quantitative estimate of drug-likeness (QED) is 0.585. The zero-order chi connectivity index (χ0) is 17.4. The zero-order valence-electron chi connectivity index (χ0n) is 14.0. The van der Waals surface area contributed by atoms with E-state index < -0.39 is 5.97 Å². The van der Waals surface area contributed by atoms with E-state index >= 15 is 0 Å². The monoisotopic (exact) mass is 332 g/mol. The van der Waals surface area contributed by atoms with E-state index in [9.17, 15) is 14.4 Å². The normalized spacial score (nSPS) is 13.9. The molecule has 0 spiro atoms. The van der Waals surface area contributed by atoms with Crippen LogP contribution in [0.5, 0.6) is 0 Å². The first-order valence-corrected chi connectivity index (χ1v) is 8.46. The highest BCUT2D eigenvalue weighted by Gasteiger charge is 2.21. The fourth-order valence-corrected chi connectivity index (χ4v) is 2.57. The van der Waals surface area contributed by atoms with Gasteiger partial charge in [0, 0.05) is 25.2 Å². The lowest BCUT2D eigenvalue weighted by atomic mass is 10.2. The Kier molecular flexibility index (Phi) is 6.78. The van der Waals surface area contributed by atoms with Crippen LogP contribution < -0.4 is 10.2 Å². The van der Waals surface area contributed by atoms with E-state index in [1.54, 1.807) is 29.2 Å². The fourth-order valence-electron chi connectivity index (χ4n) is 2.57. The molecule has 0 atom stereocenters. The number of carbonyl (C=O) groups excluding carboxylic acids is 3. The van der Waals surface area contributed by atoms with Gasteiger partial charge in [-0.15, -0.1) is 0 Å². The number of esters is 1. The van der Waals surface area contributed by atoms with Crippen molar-refractivity contribution in [2.45, 2.75) is 39.0 Å². The highest BCUT2D eigenvalue weighted by atomic mass is 16.5. The van der Waals surface area contributed by atoms with Crippen LogP contribution in [0, 0.1) is 0 Å². The van der Waals surface area contributed by atoms with Crippen molar-refractivity contribution in [2.75, 3.05) is 24.6 Å². The number of amides is 2. The molecule has 24 heavy (non-hydrogen) atoms. The molecule has 0 aliphatic carbocycles. The van der Waals surface area contributed by atoms with Gasteiger partial charge in [-0.25, -0.2) is 4.79 Å². The molecule has 130 valence electrons. The fraction of sp³-hybridized carbons (Fsp3) is 0.500. The molecule has 0 saturated carbocycles. The molecule has 0 unspecified atom stereocenters. The van der Waals surface area contributed by atoms with Crippen molar-refractivity contribution in [3.63, 3.8) is 0 Å². The van der Waals surface area contributed by atoms with Gasteiger partial charge < -0.3 is 15.0 Å². The van der Waals surface area contributed by atoms with Gasteiger partial charge in [0.1, 0.15) is 0 Å². The summed E-state index contributed by atoms with van der Waals surface area (Å²) < 4.78 is 5.00. The summed E-state index contributed by atoms with van der Waals surface area (Å²) in [6.45, 7) is 3.12. The molecule has 1 aromatic rings. The number of benzene rings is 1. The number of nitrogens with zero attached hydrogens (tertiary/aromatic N) is 1. The average molecular weight is 332 g/mol. The van der Waals surface area contributed by atoms with Crippen LogP contribution in [0.2, 0.25) is 0 Å². The van der Waals surface area contributed by atoms with E-state index in [1.807, 2.05) is 0 Å². The van der Waals surface area contributed by atoms with Gasteiger partial charge in [-0.2, -0.15) is 0 Å². The molecule has 6 nitrogen and oxygen atoms in total. The molecule has 1 aliphatic rings. The molecule has 1 aliphatic heterocycles. The van der Waals surface area contributed by atoms with Crippen molar-refractivity contribution in [3.05, 3.63) is 29.8 Å². The van der Waals surface area contributed by atoms with E-state index in [2.05, 4.69) is 12.2 Å². The summed E-state index contributed by atoms with van der Waals surface area (Å²) in [4.78, 5) is 36.9. The third-order valence-electron chi connectivity index (χ3n) is 3.92. The Hall–Kier alpha value is -2.37. The maximum absolute atomic E-state index is 11.9. The van der Waals surface area contributed by atoms with Crippen LogP contribution in [0.4, 0.5) is 5.69 Å². The summed E-state index contributed by atoms with van der Waals surface area (Å²) >= 11 is 0. The smallest absolute Gasteiger partial charge is 0.338 e. The molecule has 1 N–H and O–H groups in total. The standard InChI is InChI=1S/C18H24N2O4/c1-2-3-4-11-19-16(21)13-24-18(23)14-7-9-15(10-8-14)20-12-5-6-17(20)22/h7-10H,2-6,11-13H2,1H3,(H,19,21). The lowest BCUT2D eigenvalue weighted by molar-refractivity contribution is -0.124. The van der Waals surface area contributed by atoms with Gasteiger partial charge in [0.2, 0.25) is 5.91 Å². The molecular formula is C18H24N2O4. The maximum Gasteiger partial charge on any atom is 0.338 e. The summed E-state index contributed by atoms with van der Waals surface area (Å²) in [7, 11) is 0. The molecule has 1 aromatic carbocycles. The number of anilines is 1. The number of ether oxygens (including phenoxy) is 1. The van der Waals surface area contributed by atoms with Crippen LogP contribution in [0.25, 0.3) is 0 Å². The van der Waals surface area contributed by atoms with Crippen molar-refractivity contribution < 1.29 is 19.1 Å². The van der Waals surface area contributed by atoms with Crippen molar-refractivity contribution in [3.8, 4) is 0 Å². The predicted molar refractivity (Wildman–Crippen MR) is 90.8 cm³/mol. The Labute approximate surface area is 142 Å². The molecule has 0 aromatic heterocycles. The first kappa shape index (κ1) is 18.0. The molecular weight excluding hydrogens is 308 g/mol. The third-order valence-corrected chi connectivity index (χ3v) is 3.92. The van der Waals surface area contributed by atoms with Crippen LogP contribution in [0.3, 0.4) is 0 Å². The first-order valence-electron chi connectivity index (χ1n) is 8.46. The number of nitrogens with one attached hydrogen (secondary N) is 1. The zero-order valence-corrected chi connectivity index (χ0v) is 14.0. The van der Waals surface area contributed by atoms with Crippen LogP contribution >= 0.6 is 0 Å². The number of unbranched alkanes of at least 4 members (excludes halogenated alkanes) is 2. The lowest BCUT2D eigenvalue weighted by Gasteiger charge is -2.15. The Balaban J connectivity index is 1.78. The predicted octanol–water partition coefficient (Wildman–Crippen LogP) is 2.28. The van der Waals surface area contributed by atoms with Gasteiger partial charge in [0.25, 0.3) is 5.91 Å². The SMILES string of the molecule is CCCCCNC(=O)COC(=O)c1ccc(N2CCCC2=O)cc1. The molecule has 1 fully saturated rings. The van der Waals surface area contributed by atoms with Crippen LogP contribution in [0.1, 0.15) is 49.4 Å². The summed E-state index contributed by atoms with van der Waals surface area (Å²) in [5, 5.41) is 2.72. The highest BCUT2D eigenvalue weighted by molar-refractivity contribution is 5.96. The Morgan fingerprint density at radius 2 is 1.96 bits per heavy atom. The number of carbonyl (C=O) groups is 3. The molecule has 1 heterocycles. The summed E-state index contributed by atoms with van der Waals surface area (Å²) in [5.74, 6) is -0.734. The van der Waals surface area contributed by atoms with Gasteiger partial charge in [-0.05, 0) is 37.1 Å². The minimum absolute atomic E-state index is 0.102. The summed E-state index contributed by atoms with van der Waals surface area (Å²) in [5.41, 5.74) is 1.15. The lowest BCUT2D eigenvalue weighted by Crippen LogP contribution is -2.29. The molecule has 2 amide bonds. The van der Waals surface area contributed by atoms with E-state index in [0.717, 1.165) is 31.4 Å². The average Bonchev–Trinajstić information content (AvgIpc) is 3.03. The molecule has 2 rings (SSSR count). The molecule has 0 bridgehead atoms. The van der Waals surface area contributed by atoms with E-state index in [0.29, 0.717) is 25.1 Å². The van der Waals surface area contributed by atoms with Gasteiger partial charge in [-0.1, -0.05) is 19.8 Å². The van der Waals surface area contributed by atoms with Gasteiger partial charge in [0.15, 0.2) is 6.61 Å². The highest BCUT2D eigenvalue weighted by Crippen LogP contribution is 2.21. The Morgan fingerprint density at radius 3 is 2.58 bits per heavy atom. The van der Waals surface area contributed by atoms with Gasteiger partial charge >= 0.3 is 5.97 Å². The first-order chi connectivity index (χ1) is 11.6. The van der Waals surface area contributed by atoms with Crippen molar-refractivity contribution in [1.82, 2.24) is 5.32 Å². The van der Waals surface area contributed by atoms with Gasteiger partial charge in [0.05, 0.1) is 5.56 Å². The second-order valence-corrected chi connectivity index (χ2v) is 5.83. The van der Waals surface area contributed by atoms with Crippen LogP contribution in [0.15, 0.2) is 24.3 Å². The van der Waals surface area contributed by atoms with Crippen LogP contribution in [-0.2, 0) is 14.3 Å². The van der Waals surface area contributed by atoms with Crippen molar-refractivity contribution >= 4 is 23.5 Å². The van der Waals surface area contributed by atoms with E-state index in [-0.39, 0.29) is 18.4 Å². The van der Waals surface area contributed by atoms with Crippen LogP contribution in [-0.4, -0.2) is 37.5 Å². The number of hydrogen-bond acceptors (Lipinski definition) is 4. The maximum atomic E-state index is 11.9. The largest absolute Gasteiger partial charge is 0.452 e. The summed E-state index contributed by atoms with van der Waals surface area (Å²) in [6, 6.07) is 6.68. The topological polar surface area (TPSA) is 75.7 Å². The Bertz CT molecular complexity index is 583. The number of rotatable bonds is 8. The van der Waals surface area contributed by atoms with Gasteiger partial charge in [-0.3, -0.25) is 9.59 Å². The number of hydrogen-bond donors (Lipinski definition) is 1. The molecule has 1 saturated heterocycles. The van der Waals surface area contributed by atoms with Crippen molar-refractivity contribution in [1.29, 1.82) is 0 Å². The minimum atomic E-state index is -0.544. The second kappa shape index (κ2) is 9.05. The second-order valence-electron chi connectivity index (χ2n) is 5.83. The van der Waals surface area contributed by atoms with Crippen molar-refractivity contribution in [2.24, 2.45) is 0 Å². The molecule has 0 radical (unpaired) electrons. The Morgan fingerprint density at radius 1 is 1.21 bits per heavy atom. The third kappa shape index (κ3) is 5.08. The van der Waals surface area contributed by atoms with E-state index in [1.165, 1.54) is 0 Å². The summed E-state index contributed by atoms with van der Waals surface area (Å²) in [6.07, 6.45) is 4.50. The minimum Gasteiger partial charge on any atom is -0.452 e. The molecule has 6 heteroatoms.